The molecule has 0 radical (unpaired) electrons. The first kappa shape index (κ1) is 12.0. The molecule has 19 heavy (non-hydrogen) atoms. The molecule has 0 spiro atoms. The third kappa shape index (κ3) is 2.55. The number of Topliss-reactive ketones (excluding diaryl/α,β-unsaturated/α-hetero) is 1. The first-order valence-corrected chi connectivity index (χ1v) is 6.66. The van der Waals surface area contributed by atoms with Gasteiger partial charge in [-0.1, -0.05) is 29.8 Å². The highest BCUT2D eigenvalue weighted by atomic mass is 16.1. The van der Waals surface area contributed by atoms with Gasteiger partial charge in [-0.05, 0) is 25.3 Å². The molecule has 0 aliphatic heterocycles. The molecule has 1 aromatic carbocycles. The normalized spacial score (nSPS) is 14.3. The van der Waals surface area contributed by atoms with Gasteiger partial charge in [-0.2, -0.15) is 0 Å². The Kier molecular flexibility index (Phi) is 3.11. The molecular formula is C16H16N2O. The molecule has 2 aromatic rings. The highest BCUT2D eigenvalue weighted by molar-refractivity contribution is 5.97. The standard InChI is InChI=1S/C16H16N2O/c1-11-5-7-12(8-6-11)9-16-17-10-13-14(18-16)3-2-4-15(13)19/h5-8,10H,2-4,9H2,1H3. The van der Waals surface area contributed by atoms with Crippen molar-refractivity contribution in [1.29, 1.82) is 0 Å². The van der Waals surface area contributed by atoms with E-state index in [-0.39, 0.29) is 5.78 Å². The van der Waals surface area contributed by atoms with E-state index in [1.165, 1.54) is 11.1 Å². The predicted molar refractivity (Wildman–Crippen MR) is 73.3 cm³/mol. The van der Waals surface area contributed by atoms with E-state index in [4.69, 9.17) is 0 Å². The van der Waals surface area contributed by atoms with Crippen LogP contribution in [0.2, 0.25) is 0 Å². The van der Waals surface area contributed by atoms with Crippen LogP contribution in [-0.4, -0.2) is 15.8 Å². The second-order valence-electron chi connectivity index (χ2n) is 5.09. The maximum atomic E-state index is 11.7. The summed E-state index contributed by atoms with van der Waals surface area (Å²) in [5.41, 5.74) is 4.10. The van der Waals surface area contributed by atoms with E-state index in [1.807, 2.05) is 0 Å². The number of rotatable bonds is 2. The average Bonchev–Trinajstić information content (AvgIpc) is 2.42. The van der Waals surface area contributed by atoms with Gasteiger partial charge in [0, 0.05) is 19.0 Å². The van der Waals surface area contributed by atoms with Crippen molar-refractivity contribution in [2.24, 2.45) is 0 Å². The highest BCUT2D eigenvalue weighted by Crippen LogP contribution is 2.19. The zero-order chi connectivity index (χ0) is 13.2. The minimum atomic E-state index is 0.183. The molecule has 3 rings (SSSR count). The minimum absolute atomic E-state index is 0.183. The van der Waals surface area contributed by atoms with Crippen LogP contribution in [0.3, 0.4) is 0 Å². The number of fused-ring (bicyclic) bond motifs is 1. The van der Waals surface area contributed by atoms with Crippen LogP contribution in [0.15, 0.2) is 30.5 Å². The molecule has 3 nitrogen and oxygen atoms in total. The number of aryl methyl sites for hydroxylation is 2. The van der Waals surface area contributed by atoms with E-state index in [9.17, 15) is 4.79 Å². The third-order valence-electron chi connectivity index (χ3n) is 3.52. The third-order valence-corrected chi connectivity index (χ3v) is 3.52. The summed E-state index contributed by atoms with van der Waals surface area (Å²) in [5.74, 6) is 0.987. The molecule has 96 valence electrons. The van der Waals surface area contributed by atoms with Gasteiger partial charge >= 0.3 is 0 Å². The lowest BCUT2D eigenvalue weighted by molar-refractivity contribution is 0.0971. The summed E-state index contributed by atoms with van der Waals surface area (Å²) in [6, 6.07) is 8.39. The van der Waals surface area contributed by atoms with E-state index < -0.39 is 0 Å². The minimum Gasteiger partial charge on any atom is -0.294 e. The van der Waals surface area contributed by atoms with Crippen LogP contribution in [-0.2, 0) is 12.8 Å². The summed E-state index contributed by atoms with van der Waals surface area (Å²) in [5, 5.41) is 0. The monoisotopic (exact) mass is 252 g/mol. The molecule has 1 aromatic heterocycles. The Morgan fingerprint density at radius 3 is 2.74 bits per heavy atom. The number of nitrogens with zero attached hydrogens (tertiary/aromatic N) is 2. The summed E-state index contributed by atoms with van der Waals surface area (Å²) in [6.07, 6.45) is 4.86. The number of hydrogen-bond acceptors (Lipinski definition) is 3. The van der Waals surface area contributed by atoms with Crippen LogP contribution < -0.4 is 0 Å². The molecule has 0 fully saturated rings. The molecule has 1 heterocycles. The topological polar surface area (TPSA) is 42.9 Å². The van der Waals surface area contributed by atoms with Gasteiger partial charge in [0.1, 0.15) is 5.82 Å². The number of hydrogen-bond donors (Lipinski definition) is 0. The van der Waals surface area contributed by atoms with Crippen molar-refractivity contribution in [3.05, 3.63) is 58.7 Å². The van der Waals surface area contributed by atoms with Crippen molar-refractivity contribution in [1.82, 2.24) is 9.97 Å². The van der Waals surface area contributed by atoms with Crippen molar-refractivity contribution < 1.29 is 4.79 Å². The molecule has 0 unspecified atom stereocenters. The Balaban J connectivity index is 1.86. The van der Waals surface area contributed by atoms with E-state index in [0.717, 1.165) is 36.3 Å². The van der Waals surface area contributed by atoms with Crippen molar-refractivity contribution in [2.45, 2.75) is 32.6 Å². The van der Waals surface area contributed by atoms with Crippen LogP contribution in [0.1, 0.15) is 45.8 Å². The molecule has 0 atom stereocenters. The van der Waals surface area contributed by atoms with Crippen LogP contribution in [0.5, 0.6) is 0 Å². The fourth-order valence-electron chi connectivity index (χ4n) is 2.41. The van der Waals surface area contributed by atoms with E-state index >= 15 is 0 Å². The summed E-state index contributed by atoms with van der Waals surface area (Å²) < 4.78 is 0. The summed E-state index contributed by atoms with van der Waals surface area (Å²) in [4.78, 5) is 20.6. The number of benzene rings is 1. The van der Waals surface area contributed by atoms with Gasteiger partial charge in [-0.3, -0.25) is 4.79 Å². The van der Waals surface area contributed by atoms with Gasteiger partial charge < -0.3 is 0 Å². The summed E-state index contributed by atoms with van der Waals surface area (Å²) in [7, 11) is 0. The number of ketones is 1. The van der Waals surface area contributed by atoms with E-state index in [1.54, 1.807) is 6.20 Å². The van der Waals surface area contributed by atoms with Crippen molar-refractivity contribution in [2.75, 3.05) is 0 Å². The number of carbonyl (C=O) groups is 1. The summed E-state index contributed by atoms with van der Waals surface area (Å²) >= 11 is 0. The molecule has 0 saturated carbocycles. The largest absolute Gasteiger partial charge is 0.294 e. The summed E-state index contributed by atoms with van der Waals surface area (Å²) in [6.45, 7) is 2.07. The Morgan fingerprint density at radius 2 is 1.95 bits per heavy atom. The Hall–Kier alpha value is -2.03. The highest BCUT2D eigenvalue weighted by Gasteiger charge is 2.19. The fourth-order valence-corrected chi connectivity index (χ4v) is 2.41. The van der Waals surface area contributed by atoms with Gasteiger partial charge in [-0.25, -0.2) is 9.97 Å². The van der Waals surface area contributed by atoms with Crippen molar-refractivity contribution >= 4 is 5.78 Å². The van der Waals surface area contributed by atoms with Crippen LogP contribution >= 0.6 is 0 Å². The van der Waals surface area contributed by atoms with Crippen LogP contribution in [0.25, 0.3) is 0 Å². The second-order valence-corrected chi connectivity index (χ2v) is 5.09. The zero-order valence-corrected chi connectivity index (χ0v) is 11.0. The Morgan fingerprint density at radius 1 is 1.16 bits per heavy atom. The molecule has 0 N–H and O–H groups in total. The SMILES string of the molecule is Cc1ccc(Cc2ncc3c(n2)CCCC3=O)cc1. The van der Waals surface area contributed by atoms with Gasteiger partial charge in [0.25, 0.3) is 0 Å². The van der Waals surface area contributed by atoms with Crippen LogP contribution in [0.4, 0.5) is 0 Å². The quantitative estimate of drug-likeness (QED) is 0.825. The van der Waals surface area contributed by atoms with E-state index in [0.29, 0.717) is 6.42 Å². The Labute approximate surface area is 112 Å². The zero-order valence-electron chi connectivity index (χ0n) is 11.0. The van der Waals surface area contributed by atoms with Crippen molar-refractivity contribution in [3.8, 4) is 0 Å². The molecule has 0 amide bonds. The lowest BCUT2D eigenvalue weighted by atomic mass is 9.96. The maximum absolute atomic E-state index is 11.7. The van der Waals surface area contributed by atoms with Gasteiger partial charge in [0.15, 0.2) is 5.78 Å². The maximum Gasteiger partial charge on any atom is 0.166 e. The van der Waals surface area contributed by atoms with Gasteiger partial charge in [0.05, 0.1) is 11.3 Å². The van der Waals surface area contributed by atoms with Gasteiger partial charge in [-0.15, -0.1) is 0 Å². The molecule has 1 aliphatic carbocycles. The van der Waals surface area contributed by atoms with E-state index in [2.05, 4.69) is 41.2 Å². The molecule has 0 saturated heterocycles. The number of aromatic nitrogens is 2. The van der Waals surface area contributed by atoms with Gasteiger partial charge in [0.2, 0.25) is 0 Å². The molecule has 3 heteroatoms. The smallest absolute Gasteiger partial charge is 0.166 e. The number of carbonyl (C=O) groups excluding carboxylic acids is 1. The Bertz CT molecular complexity index is 617. The average molecular weight is 252 g/mol. The van der Waals surface area contributed by atoms with Crippen molar-refractivity contribution in [3.63, 3.8) is 0 Å². The fraction of sp³-hybridized carbons (Fsp3) is 0.312. The first-order chi connectivity index (χ1) is 9.22. The first-order valence-electron chi connectivity index (χ1n) is 6.66. The molecule has 1 aliphatic rings. The second kappa shape index (κ2) is 4.92. The molecule has 0 bridgehead atoms. The predicted octanol–water partition coefficient (Wildman–Crippen LogP) is 2.89. The lowest BCUT2D eigenvalue weighted by Gasteiger charge is -2.13. The lowest BCUT2D eigenvalue weighted by Crippen LogP contribution is -2.14. The molecular weight excluding hydrogens is 236 g/mol. The van der Waals surface area contributed by atoms with Crippen LogP contribution in [0, 0.1) is 6.92 Å².